The van der Waals surface area contributed by atoms with Gasteiger partial charge in [0.15, 0.2) is 12.1 Å². The van der Waals surface area contributed by atoms with Gasteiger partial charge < -0.3 is 19.9 Å². The van der Waals surface area contributed by atoms with Crippen molar-refractivity contribution in [3.63, 3.8) is 0 Å². The fraction of sp³-hybridized carbons (Fsp3) is 0.714. The summed E-state index contributed by atoms with van der Waals surface area (Å²) in [6.07, 6.45) is -0.819. The molecule has 0 radical (unpaired) electrons. The predicted octanol–water partition coefficient (Wildman–Crippen LogP) is 1.88. The van der Waals surface area contributed by atoms with Crippen LogP contribution >= 0.6 is 24.0 Å². The Labute approximate surface area is 156 Å². The number of likely N-dealkylation sites (tertiary alicyclic amines) is 1. The van der Waals surface area contributed by atoms with E-state index in [-0.39, 0.29) is 30.0 Å². The number of piperidine rings is 1. The second kappa shape index (κ2) is 8.88. The van der Waals surface area contributed by atoms with E-state index in [2.05, 4.69) is 22.2 Å². The Morgan fingerprint density at radius 1 is 1.50 bits per heavy atom. The van der Waals surface area contributed by atoms with Crippen LogP contribution in [-0.2, 0) is 0 Å². The minimum Gasteiger partial charge on any atom is -0.382 e. The van der Waals surface area contributed by atoms with Crippen LogP contribution in [0, 0.1) is 5.92 Å². The van der Waals surface area contributed by atoms with Crippen LogP contribution in [0.1, 0.15) is 19.4 Å². The first-order valence-electron chi connectivity index (χ1n) is 7.50. The van der Waals surface area contributed by atoms with Crippen molar-refractivity contribution < 1.29 is 18.3 Å². The highest BCUT2D eigenvalue weighted by Gasteiger charge is 2.38. The number of imidazole rings is 1. The number of hydrogen-bond acceptors (Lipinski definition) is 3. The molecule has 1 aliphatic heterocycles. The van der Waals surface area contributed by atoms with Gasteiger partial charge in [-0.25, -0.2) is 4.98 Å². The Kier molecular flexibility index (Phi) is 7.77. The maximum atomic E-state index is 12.4. The molecule has 1 aromatic rings. The number of guanidine groups is 1. The molecule has 138 valence electrons. The summed E-state index contributed by atoms with van der Waals surface area (Å²) in [7, 11) is 1.52. The molecule has 24 heavy (non-hydrogen) atoms. The van der Waals surface area contributed by atoms with Gasteiger partial charge in [-0.15, -0.1) is 24.0 Å². The molecular formula is C14H23F3IN5O. The summed E-state index contributed by atoms with van der Waals surface area (Å²) < 4.78 is 39.2. The van der Waals surface area contributed by atoms with Crippen molar-refractivity contribution in [2.24, 2.45) is 10.9 Å². The summed E-state index contributed by atoms with van der Waals surface area (Å²) in [5, 5.41) is 11.7. The third kappa shape index (κ3) is 5.23. The lowest BCUT2D eigenvalue weighted by atomic mass is 9.93. The molecule has 1 aromatic heterocycles. The van der Waals surface area contributed by atoms with Crippen molar-refractivity contribution in [2.45, 2.75) is 31.7 Å². The third-order valence-corrected chi connectivity index (χ3v) is 4.17. The number of nitrogens with zero attached hydrogens (tertiary/aromatic N) is 4. The van der Waals surface area contributed by atoms with Gasteiger partial charge in [-0.1, -0.05) is 6.92 Å². The second-order valence-corrected chi connectivity index (χ2v) is 5.77. The minimum absolute atomic E-state index is 0. The molecule has 2 heterocycles. The highest BCUT2D eigenvalue weighted by molar-refractivity contribution is 14.0. The summed E-state index contributed by atoms with van der Waals surface area (Å²) in [5.41, 5.74) is 0. The van der Waals surface area contributed by atoms with Crippen molar-refractivity contribution >= 4 is 29.9 Å². The summed E-state index contributed by atoms with van der Waals surface area (Å²) >= 11 is 0. The Hall–Kier alpha value is -1.04. The quantitative estimate of drug-likeness (QED) is 0.410. The maximum absolute atomic E-state index is 12.4. The van der Waals surface area contributed by atoms with E-state index >= 15 is 0 Å². The number of aliphatic hydroxyl groups is 1. The molecule has 0 aromatic carbocycles. The fourth-order valence-electron chi connectivity index (χ4n) is 2.73. The third-order valence-electron chi connectivity index (χ3n) is 4.17. The first-order valence-corrected chi connectivity index (χ1v) is 7.50. The molecule has 3 unspecified atom stereocenters. The molecular weight excluding hydrogens is 438 g/mol. The lowest BCUT2D eigenvalue weighted by molar-refractivity contribution is -0.201. The zero-order valence-electron chi connectivity index (χ0n) is 13.6. The lowest BCUT2D eigenvalue weighted by Gasteiger charge is -2.39. The molecule has 2 N–H and O–H groups in total. The number of aliphatic imine (C=N–C) groups is 1. The molecule has 0 bridgehead atoms. The SMILES string of the molecule is CN=C(NCC(O)C(F)(F)F)N1CCC(C)C(n2ccnc2)C1.I. The molecule has 0 aliphatic carbocycles. The van der Waals surface area contributed by atoms with Gasteiger partial charge >= 0.3 is 6.18 Å². The molecule has 6 nitrogen and oxygen atoms in total. The van der Waals surface area contributed by atoms with E-state index in [4.69, 9.17) is 5.11 Å². The van der Waals surface area contributed by atoms with Crippen molar-refractivity contribution in [3.8, 4) is 0 Å². The minimum atomic E-state index is -4.64. The van der Waals surface area contributed by atoms with E-state index in [1.54, 1.807) is 12.5 Å². The standard InChI is InChI=1S/C14H22F3N5O.HI/c1-10-3-5-21(8-11(10)22-6-4-19-9-22)13(18-2)20-7-12(23)14(15,16)17;/h4,6,9-12,23H,3,5,7-8H2,1-2H3,(H,18,20);1H. The highest BCUT2D eigenvalue weighted by atomic mass is 127. The van der Waals surface area contributed by atoms with Gasteiger partial charge in [-0.3, -0.25) is 4.99 Å². The van der Waals surface area contributed by atoms with Crippen LogP contribution in [-0.4, -0.2) is 64.5 Å². The van der Waals surface area contributed by atoms with Gasteiger partial charge in [-0.2, -0.15) is 13.2 Å². The van der Waals surface area contributed by atoms with Gasteiger partial charge in [0.05, 0.1) is 18.9 Å². The Morgan fingerprint density at radius 2 is 2.21 bits per heavy atom. The average molecular weight is 461 g/mol. The van der Waals surface area contributed by atoms with Crippen LogP contribution < -0.4 is 5.32 Å². The van der Waals surface area contributed by atoms with Gasteiger partial charge in [0, 0.05) is 32.5 Å². The molecule has 2 rings (SSSR count). The van der Waals surface area contributed by atoms with Crippen LogP contribution in [0.3, 0.4) is 0 Å². The predicted molar refractivity (Wildman–Crippen MR) is 95.5 cm³/mol. The molecule has 0 saturated carbocycles. The van der Waals surface area contributed by atoms with E-state index in [0.717, 1.165) is 6.42 Å². The van der Waals surface area contributed by atoms with Gasteiger partial charge in [-0.05, 0) is 12.3 Å². The summed E-state index contributed by atoms with van der Waals surface area (Å²) in [5.74, 6) is 0.796. The molecule has 10 heteroatoms. The van der Waals surface area contributed by atoms with Crippen molar-refractivity contribution in [1.82, 2.24) is 19.8 Å². The fourth-order valence-corrected chi connectivity index (χ4v) is 2.73. The zero-order valence-corrected chi connectivity index (χ0v) is 15.9. The van der Waals surface area contributed by atoms with Crippen LogP contribution in [0.5, 0.6) is 0 Å². The zero-order chi connectivity index (χ0) is 17.0. The summed E-state index contributed by atoms with van der Waals surface area (Å²) in [6.45, 7) is 2.86. The van der Waals surface area contributed by atoms with Crippen LogP contribution in [0.4, 0.5) is 13.2 Å². The summed E-state index contributed by atoms with van der Waals surface area (Å²) in [6, 6.07) is 0.178. The van der Waals surface area contributed by atoms with Crippen molar-refractivity contribution in [1.29, 1.82) is 0 Å². The number of aromatic nitrogens is 2. The number of halogens is 4. The van der Waals surface area contributed by atoms with Crippen molar-refractivity contribution in [2.75, 3.05) is 26.7 Å². The molecule has 3 atom stereocenters. The van der Waals surface area contributed by atoms with E-state index in [0.29, 0.717) is 25.0 Å². The van der Waals surface area contributed by atoms with E-state index in [9.17, 15) is 13.2 Å². The van der Waals surface area contributed by atoms with Gasteiger partial charge in [0.25, 0.3) is 0 Å². The first kappa shape index (κ1) is 21.0. The number of rotatable bonds is 3. The largest absolute Gasteiger partial charge is 0.416 e. The number of nitrogens with one attached hydrogen (secondary N) is 1. The topological polar surface area (TPSA) is 65.7 Å². The first-order chi connectivity index (χ1) is 10.8. The normalized spacial score (nSPS) is 23.6. The monoisotopic (exact) mass is 461 g/mol. The number of hydrogen-bond donors (Lipinski definition) is 2. The number of alkyl halides is 3. The second-order valence-electron chi connectivity index (χ2n) is 5.77. The van der Waals surface area contributed by atoms with Crippen LogP contribution in [0.25, 0.3) is 0 Å². The molecule has 0 amide bonds. The highest BCUT2D eigenvalue weighted by Crippen LogP contribution is 2.27. The van der Waals surface area contributed by atoms with Crippen LogP contribution in [0.2, 0.25) is 0 Å². The Morgan fingerprint density at radius 3 is 2.75 bits per heavy atom. The summed E-state index contributed by atoms with van der Waals surface area (Å²) in [4.78, 5) is 9.99. The average Bonchev–Trinajstić information content (AvgIpc) is 3.02. The smallest absolute Gasteiger partial charge is 0.382 e. The molecule has 0 spiro atoms. The molecule has 1 fully saturated rings. The van der Waals surface area contributed by atoms with Crippen molar-refractivity contribution in [3.05, 3.63) is 18.7 Å². The molecule has 1 aliphatic rings. The Balaban J connectivity index is 0.00000288. The van der Waals surface area contributed by atoms with E-state index in [1.165, 1.54) is 7.05 Å². The van der Waals surface area contributed by atoms with Gasteiger partial charge in [0.2, 0.25) is 0 Å². The van der Waals surface area contributed by atoms with E-state index in [1.807, 2.05) is 15.7 Å². The lowest BCUT2D eigenvalue weighted by Crippen LogP contribution is -2.51. The van der Waals surface area contributed by atoms with Crippen LogP contribution in [0.15, 0.2) is 23.7 Å². The van der Waals surface area contributed by atoms with Gasteiger partial charge in [0.1, 0.15) is 0 Å². The molecule has 1 saturated heterocycles. The van der Waals surface area contributed by atoms with E-state index < -0.39 is 18.8 Å². The maximum Gasteiger partial charge on any atom is 0.416 e. The number of aliphatic hydroxyl groups excluding tert-OH is 1. The Bertz CT molecular complexity index is 523.